The fourth-order valence-electron chi connectivity index (χ4n) is 3.49. The number of nitrogens with zero attached hydrogens (tertiary/aromatic N) is 1. The molecule has 1 aliphatic rings. The van der Waals surface area contributed by atoms with Crippen molar-refractivity contribution >= 4 is 11.8 Å². The first kappa shape index (κ1) is 20.1. The van der Waals surface area contributed by atoms with E-state index >= 15 is 0 Å². The van der Waals surface area contributed by atoms with E-state index in [4.69, 9.17) is 0 Å². The molecule has 0 aliphatic carbocycles. The second-order valence-corrected chi connectivity index (χ2v) is 7.25. The highest BCUT2D eigenvalue weighted by atomic mass is 16.2. The summed E-state index contributed by atoms with van der Waals surface area (Å²) in [4.78, 5) is 26.7. The Balaban J connectivity index is 1.63. The zero-order valence-corrected chi connectivity index (χ0v) is 16.5. The molecule has 5 heteroatoms. The summed E-state index contributed by atoms with van der Waals surface area (Å²) in [5, 5.41) is 5.81. The minimum absolute atomic E-state index is 0.0556. The highest BCUT2D eigenvalue weighted by Crippen LogP contribution is 2.21. The number of nitrogens with one attached hydrogen (secondary N) is 2. The molecule has 3 rings (SSSR count). The first-order valence-corrected chi connectivity index (χ1v) is 10.1. The molecule has 1 saturated heterocycles. The number of hydrogen-bond donors (Lipinski definition) is 2. The van der Waals surface area contributed by atoms with E-state index in [0.29, 0.717) is 19.6 Å². The molecule has 0 unspecified atom stereocenters. The van der Waals surface area contributed by atoms with Crippen molar-refractivity contribution in [2.75, 3.05) is 19.6 Å². The highest BCUT2D eigenvalue weighted by Gasteiger charge is 2.31. The van der Waals surface area contributed by atoms with Crippen molar-refractivity contribution in [3.8, 4) is 11.1 Å². The average molecular weight is 380 g/mol. The number of piperazine rings is 1. The molecule has 2 aromatic rings. The van der Waals surface area contributed by atoms with Gasteiger partial charge in [0.25, 0.3) is 0 Å². The molecule has 0 saturated carbocycles. The predicted octanol–water partition coefficient (Wildman–Crippen LogP) is 2.96. The Morgan fingerprint density at radius 2 is 1.82 bits per heavy atom. The molecule has 28 heavy (non-hydrogen) atoms. The largest absolute Gasteiger partial charge is 0.356 e. The van der Waals surface area contributed by atoms with Crippen LogP contribution in [0.3, 0.4) is 0 Å². The van der Waals surface area contributed by atoms with Crippen LogP contribution in [0.1, 0.15) is 31.7 Å². The van der Waals surface area contributed by atoms with Crippen molar-refractivity contribution in [1.82, 2.24) is 15.5 Å². The molecule has 5 nitrogen and oxygen atoms in total. The normalized spacial score (nSPS) is 17.2. The number of carbonyl (C=O) groups excluding carboxylic acids is 2. The number of rotatable bonds is 8. The van der Waals surface area contributed by atoms with Gasteiger partial charge < -0.3 is 10.6 Å². The maximum Gasteiger partial charge on any atom is 0.237 e. The van der Waals surface area contributed by atoms with Crippen molar-refractivity contribution in [3.63, 3.8) is 0 Å². The molecule has 1 fully saturated rings. The molecule has 2 amide bonds. The Labute approximate surface area is 167 Å². The van der Waals surface area contributed by atoms with Gasteiger partial charge in [0.1, 0.15) is 0 Å². The SMILES string of the molecule is CCCCNC(=O)C[C@@H]1C(=O)NCCN1Cc1ccc(-c2ccccc2)cc1. The molecule has 1 atom stereocenters. The van der Waals surface area contributed by atoms with Crippen molar-refractivity contribution in [1.29, 1.82) is 0 Å². The molecule has 0 aromatic heterocycles. The van der Waals surface area contributed by atoms with Crippen LogP contribution in [-0.2, 0) is 16.1 Å². The summed E-state index contributed by atoms with van der Waals surface area (Å²) in [7, 11) is 0. The van der Waals surface area contributed by atoms with E-state index in [9.17, 15) is 9.59 Å². The van der Waals surface area contributed by atoms with Crippen molar-refractivity contribution in [3.05, 3.63) is 60.2 Å². The first-order chi connectivity index (χ1) is 13.7. The predicted molar refractivity (Wildman–Crippen MR) is 112 cm³/mol. The van der Waals surface area contributed by atoms with Crippen LogP contribution in [0.4, 0.5) is 0 Å². The molecule has 0 bridgehead atoms. The summed E-state index contributed by atoms with van der Waals surface area (Å²) in [6, 6.07) is 18.3. The maximum absolute atomic E-state index is 12.4. The Morgan fingerprint density at radius 3 is 2.54 bits per heavy atom. The second-order valence-electron chi connectivity index (χ2n) is 7.25. The van der Waals surface area contributed by atoms with Crippen molar-refractivity contribution < 1.29 is 9.59 Å². The summed E-state index contributed by atoms with van der Waals surface area (Å²) in [5.41, 5.74) is 3.51. The molecule has 2 N–H and O–H groups in total. The van der Waals surface area contributed by atoms with Gasteiger partial charge in [0.05, 0.1) is 12.5 Å². The topological polar surface area (TPSA) is 61.4 Å². The third-order valence-electron chi connectivity index (χ3n) is 5.12. The smallest absolute Gasteiger partial charge is 0.237 e. The van der Waals surface area contributed by atoms with Gasteiger partial charge >= 0.3 is 0 Å². The van der Waals surface area contributed by atoms with Gasteiger partial charge in [0, 0.05) is 26.2 Å². The molecular formula is C23H29N3O2. The molecule has 0 radical (unpaired) electrons. The Morgan fingerprint density at radius 1 is 1.11 bits per heavy atom. The van der Waals surface area contributed by atoms with Gasteiger partial charge in [-0.25, -0.2) is 0 Å². The van der Waals surface area contributed by atoms with E-state index in [2.05, 4.69) is 58.9 Å². The second kappa shape index (κ2) is 10.0. The number of carbonyl (C=O) groups is 2. The van der Waals surface area contributed by atoms with E-state index in [1.807, 2.05) is 18.2 Å². The summed E-state index contributed by atoms with van der Waals surface area (Å²) < 4.78 is 0. The van der Waals surface area contributed by atoms with Crippen LogP contribution >= 0.6 is 0 Å². The molecule has 1 heterocycles. The fourth-order valence-corrected chi connectivity index (χ4v) is 3.49. The van der Waals surface area contributed by atoms with Gasteiger partial charge in [-0.1, -0.05) is 67.9 Å². The summed E-state index contributed by atoms with van der Waals surface area (Å²) in [6.45, 7) is 4.79. The zero-order chi connectivity index (χ0) is 19.8. The lowest BCUT2D eigenvalue weighted by atomic mass is 10.0. The lowest BCUT2D eigenvalue weighted by molar-refractivity contribution is -0.134. The lowest BCUT2D eigenvalue weighted by Crippen LogP contribution is -2.56. The van der Waals surface area contributed by atoms with Gasteiger partial charge in [-0.05, 0) is 23.1 Å². The zero-order valence-electron chi connectivity index (χ0n) is 16.5. The minimum Gasteiger partial charge on any atom is -0.356 e. The molecule has 148 valence electrons. The molecule has 1 aliphatic heterocycles. The molecular weight excluding hydrogens is 350 g/mol. The van der Waals surface area contributed by atoms with E-state index < -0.39 is 6.04 Å². The van der Waals surface area contributed by atoms with Crippen LogP contribution in [0, 0.1) is 0 Å². The van der Waals surface area contributed by atoms with Gasteiger partial charge in [-0.15, -0.1) is 0 Å². The van der Waals surface area contributed by atoms with E-state index in [-0.39, 0.29) is 18.2 Å². The number of unbranched alkanes of at least 4 members (excludes halogenated alkanes) is 1. The molecule has 0 spiro atoms. The number of hydrogen-bond acceptors (Lipinski definition) is 3. The molecule has 2 aromatic carbocycles. The van der Waals surface area contributed by atoms with E-state index in [0.717, 1.165) is 24.9 Å². The third-order valence-corrected chi connectivity index (χ3v) is 5.12. The van der Waals surface area contributed by atoms with Crippen molar-refractivity contribution in [2.24, 2.45) is 0 Å². The first-order valence-electron chi connectivity index (χ1n) is 10.1. The van der Waals surface area contributed by atoms with Crippen LogP contribution in [-0.4, -0.2) is 42.4 Å². The minimum atomic E-state index is -0.413. The van der Waals surface area contributed by atoms with E-state index in [1.54, 1.807) is 0 Å². The quantitative estimate of drug-likeness (QED) is 0.693. The van der Waals surface area contributed by atoms with Crippen molar-refractivity contribution in [2.45, 2.75) is 38.8 Å². The number of benzene rings is 2. The Hall–Kier alpha value is -2.66. The monoisotopic (exact) mass is 379 g/mol. The van der Waals surface area contributed by atoms with Crippen LogP contribution < -0.4 is 10.6 Å². The highest BCUT2D eigenvalue weighted by molar-refractivity contribution is 5.88. The standard InChI is InChI=1S/C23H29N3O2/c1-2-3-13-24-22(27)16-21-23(28)25-14-15-26(21)17-18-9-11-20(12-10-18)19-7-5-4-6-8-19/h4-12,21H,2-3,13-17H2,1H3,(H,24,27)(H,25,28)/t21-/m1/s1. The van der Waals surface area contributed by atoms with Gasteiger partial charge in [-0.2, -0.15) is 0 Å². The fraction of sp³-hybridized carbons (Fsp3) is 0.391. The van der Waals surface area contributed by atoms with Gasteiger partial charge in [-0.3, -0.25) is 14.5 Å². The van der Waals surface area contributed by atoms with Crippen LogP contribution in [0.15, 0.2) is 54.6 Å². The maximum atomic E-state index is 12.4. The van der Waals surface area contributed by atoms with Gasteiger partial charge in [0.15, 0.2) is 0 Å². The van der Waals surface area contributed by atoms with Crippen LogP contribution in [0.5, 0.6) is 0 Å². The van der Waals surface area contributed by atoms with E-state index in [1.165, 1.54) is 11.1 Å². The Bertz CT molecular complexity index is 774. The average Bonchev–Trinajstić information content (AvgIpc) is 2.72. The van der Waals surface area contributed by atoms with Gasteiger partial charge in [0.2, 0.25) is 11.8 Å². The van der Waals surface area contributed by atoms with Crippen LogP contribution in [0.25, 0.3) is 11.1 Å². The number of amides is 2. The lowest BCUT2D eigenvalue weighted by Gasteiger charge is -2.34. The summed E-state index contributed by atoms with van der Waals surface area (Å²) in [5.74, 6) is -0.113. The Kier molecular flexibility index (Phi) is 7.20. The van der Waals surface area contributed by atoms with Crippen LogP contribution in [0.2, 0.25) is 0 Å². The summed E-state index contributed by atoms with van der Waals surface area (Å²) in [6.07, 6.45) is 2.20. The third kappa shape index (κ3) is 5.42. The summed E-state index contributed by atoms with van der Waals surface area (Å²) >= 11 is 0.